The Morgan fingerprint density at radius 3 is 2.00 bits per heavy atom. The molecule has 58 valence electrons. The standard InChI is InChI=1S/C3H10O5Si.Hg/c1-7-2-3-8-9(4,5)6;/h4-6H,2-3H2,1H3;. The largest absolute Gasteiger partial charge is 0.671 e. The van der Waals surface area contributed by atoms with Crippen molar-refractivity contribution >= 4 is 9.05 Å². The topological polar surface area (TPSA) is 79.2 Å². The summed E-state index contributed by atoms with van der Waals surface area (Å²) in [7, 11) is -2.83. The Kier molecular flexibility index (Phi) is 9.00. The number of hydrogen-bond acceptors (Lipinski definition) is 5. The summed E-state index contributed by atoms with van der Waals surface area (Å²) in [6, 6.07) is 0. The van der Waals surface area contributed by atoms with Gasteiger partial charge in [0.2, 0.25) is 0 Å². The first-order valence-corrected chi connectivity index (χ1v) is 4.11. The van der Waals surface area contributed by atoms with E-state index in [1.807, 2.05) is 0 Å². The average Bonchev–Trinajstić information content (AvgIpc) is 1.63. The molecular formula is C3H10HgO5Si. The summed E-state index contributed by atoms with van der Waals surface area (Å²) in [5, 5.41) is 0. The van der Waals surface area contributed by atoms with Crippen molar-refractivity contribution in [1.29, 1.82) is 0 Å². The van der Waals surface area contributed by atoms with E-state index in [9.17, 15) is 0 Å². The smallest absolute Gasteiger partial charge is 0.382 e. The van der Waals surface area contributed by atoms with Crippen LogP contribution in [0.25, 0.3) is 0 Å². The number of ether oxygens (including phenoxy) is 1. The minimum absolute atomic E-state index is 0. The molecule has 0 spiro atoms. The molecule has 0 aromatic rings. The van der Waals surface area contributed by atoms with E-state index in [-0.39, 0.29) is 40.9 Å². The molecule has 5 nitrogen and oxygen atoms in total. The molecule has 7 heteroatoms. The third kappa shape index (κ3) is 11.7. The average molecular weight is 355 g/mol. The summed E-state index contributed by atoms with van der Waals surface area (Å²) in [5.74, 6) is 0. The molecule has 0 saturated heterocycles. The van der Waals surface area contributed by atoms with Crippen LogP contribution in [0.3, 0.4) is 0 Å². The summed E-state index contributed by atoms with van der Waals surface area (Å²) in [5.41, 5.74) is 0. The minimum atomic E-state index is -4.27. The normalized spacial score (nSPS) is 10.8. The van der Waals surface area contributed by atoms with Crippen molar-refractivity contribution in [3.8, 4) is 0 Å². The van der Waals surface area contributed by atoms with Crippen LogP contribution >= 0.6 is 0 Å². The van der Waals surface area contributed by atoms with Gasteiger partial charge in [-0.2, -0.15) is 0 Å². The van der Waals surface area contributed by atoms with Gasteiger partial charge in [-0.05, 0) is 0 Å². The molecule has 0 heterocycles. The van der Waals surface area contributed by atoms with Gasteiger partial charge in [0, 0.05) is 34.8 Å². The van der Waals surface area contributed by atoms with Crippen molar-refractivity contribution in [3.63, 3.8) is 0 Å². The van der Waals surface area contributed by atoms with E-state index < -0.39 is 9.05 Å². The zero-order valence-electron chi connectivity index (χ0n) is 5.78. The molecule has 0 bridgehead atoms. The van der Waals surface area contributed by atoms with Crippen LogP contribution in [0, 0.1) is 0 Å². The van der Waals surface area contributed by atoms with Crippen molar-refractivity contribution in [3.05, 3.63) is 0 Å². The molecule has 0 fully saturated rings. The van der Waals surface area contributed by atoms with Crippen molar-refractivity contribution < 1.29 is 51.2 Å². The van der Waals surface area contributed by atoms with Crippen LogP contribution in [-0.4, -0.2) is 43.8 Å². The van der Waals surface area contributed by atoms with Gasteiger partial charge in [0.25, 0.3) is 0 Å². The zero-order chi connectivity index (χ0) is 7.33. The van der Waals surface area contributed by atoms with Crippen LogP contribution in [0.5, 0.6) is 0 Å². The van der Waals surface area contributed by atoms with Crippen molar-refractivity contribution in [2.75, 3.05) is 20.3 Å². The summed E-state index contributed by atoms with van der Waals surface area (Å²) in [4.78, 5) is 24.6. The molecule has 0 atom stereocenters. The Morgan fingerprint density at radius 2 is 1.70 bits per heavy atom. The Labute approximate surface area is 80.6 Å². The van der Waals surface area contributed by atoms with Gasteiger partial charge in [-0.25, -0.2) is 0 Å². The zero-order valence-corrected chi connectivity index (χ0v) is 12.3. The summed E-state index contributed by atoms with van der Waals surface area (Å²) < 4.78 is 8.65. The molecule has 0 aromatic carbocycles. The Morgan fingerprint density at radius 1 is 1.20 bits per heavy atom. The summed E-state index contributed by atoms with van der Waals surface area (Å²) in [6.07, 6.45) is 0. The van der Waals surface area contributed by atoms with Crippen LogP contribution in [-0.2, 0) is 36.8 Å². The molecule has 0 rings (SSSR count). The monoisotopic (exact) mass is 356 g/mol. The molecule has 0 aliphatic heterocycles. The Balaban J connectivity index is 0. The van der Waals surface area contributed by atoms with Crippen LogP contribution in [0.1, 0.15) is 0 Å². The van der Waals surface area contributed by atoms with E-state index in [1.54, 1.807) is 0 Å². The first-order chi connectivity index (χ1) is 4.06. The Bertz CT molecular complexity index is 73.8. The van der Waals surface area contributed by atoms with Gasteiger partial charge in [-0.15, -0.1) is 0 Å². The number of rotatable bonds is 4. The van der Waals surface area contributed by atoms with Crippen LogP contribution in [0.15, 0.2) is 0 Å². The van der Waals surface area contributed by atoms with Gasteiger partial charge >= 0.3 is 9.05 Å². The summed E-state index contributed by atoms with van der Waals surface area (Å²) in [6.45, 7) is 0.225. The fourth-order valence-corrected chi connectivity index (χ4v) is 0.619. The van der Waals surface area contributed by atoms with Crippen molar-refractivity contribution in [2.45, 2.75) is 0 Å². The van der Waals surface area contributed by atoms with Gasteiger partial charge in [-0.1, -0.05) is 0 Å². The quantitative estimate of drug-likeness (QED) is 0.404. The van der Waals surface area contributed by atoms with Crippen LogP contribution < -0.4 is 0 Å². The molecule has 0 amide bonds. The third-order valence-electron chi connectivity index (χ3n) is 0.583. The van der Waals surface area contributed by atoms with Gasteiger partial charge in [0.15, 0.2) is 0 Å². The SMILES string of the molecule is COCCO[Si](O)(O)O.[Hg]. The van der Waals surface area contributed by atoms with E-state index in [0.29, 0.717) is 0 Å². The van der Waals surface area contributed by atoms with Crippen LogP contribution in [0.2, 0.25) is 0 Å². The molecule has 0 radical (unpaired) electrons. The predicted molar refractivity (Wildman–Crippen MR) is 30.2 cm³/mol. The fraction of sp³-hybridized carbons (Fsp3) is 1.00. The maximum Gasteiger partial charge on any atom is 0.671 e. The molecule has 3 N–H and O–H groups in total. The van der Waals surface area contributed by atoms with E-state index >= 15 is 0 Å². The number of methoxy groups -OCH3 is 1. The molecule has 10 heavy (non-hydrogen) atoms. The second kappa shape index (κ2) is 6.65. The maximum absolute atomic E-state index is 8.22. The van der Waals surface area contributed by atoms with Gasteiger partial charge in [0.05, 0.1) is 13.2 Å². The van der Waals surface area contributed by atoms with E-state index in [0.717, 1.165) is 0 Å². The van der Waals surface area contributed by atoms with Crippen molar-refractivity contribution in [2.24, 2.45) is 0 Å². The molecule has 0 unspecified atom stereocenters. The fourth-order valence-electron chi connectivity index (χ4n) is 0.262. The second-order valence-corrected chi connectivity index (χ2v) is 2.85. The molecular weight excluding hydrogens is 345 g/mol. The van der Waals surface area contributed by atoms with Crippen molar-refractivity contribution in [1.82, 2.24) is 0 Å². The first kappa shape index (κ1) is 13.5. The molecule has 0 aliphatic rings. The predicted octanol–water partition coefficient (Wildman–Crippen LogP) is -1.94. The third-order valence-corrected chi connectivity index (χ3v) is 1.17. The van der Waals surface area contributed by atoms with Gasteiger partial charge < -0.3 is 23.5 Å². The van der Waals surface area contributed by atoms with E-state index in [1.165, 1.54) is 7.11 Å². The molecule has 0 aliphatic carbocycles. The molecule has 0 saturated carbocycles. The maximum atomic E-state index is 8.22. The Hall–Kier alpha value is 0.952. The first-order valence-electron chi connectivity index (χ1n) is 2.36. The number of hydrogen-bond donors (Lipinski definition) is 3. The van der Waals surface area contributed by atoms with E-state index in [4.69, 9.17) is 14.4 Å². The van der Waals surface area contributed by atoms with Crippen LogP contribution in [0.4, 0.5) is 0 Å². The second-order valence-electron chi connectivity index (χ2n) is 1.42. The van der Waals surface area contributed by atoms with E-state index in [2.05, 4.69) is 9.16 Å². The van der Waals surface area contributed by atoms with Gasteiger partial charge in [-0.3, -0.25) is 0 Å². The molecule has 0 aromatic heterocycles. The summed E-state index contributed by atoms with van der Waals surface area (Å²) >= 11 is 0. The minimum Gasteiger partial charge on any atom is -0.382 e. The van der Waals surface area contributed by atoms with Gasteiger partial charge in [0.1, 0.15) is 0 Å².